The number of para-hydroxylation sites is 1. The van der Waals surface area contributed by atoms with Gasteiger partial charge in [-0.3, -0.25) is 9.59 Å². The molecule has 3 unspecified atom stereocenters. The summed E-state index contributed by atoms with van der Waals surface area (Å²) in [5.74, 6) is 1.17. The molecule has 0 spiro atoms. The zero-order valence-electron chi connectivity index (χ0n) is 17.0. The second-order valence-corrected chi connectivity index (χ2v) is 8.17. The van der Waals surface area contributed by atoms with Crippen LogP contribution in [0.1, 0.15) is 28.9 Å². The van der Waals surface area contributed by atoms with Crippen molar-refractivity contribution in [3.63, 3.8) is 0 Å². The quantitative estimate of drug-likeness (QED) is 0.757. The predicted octanol–water partition coefficient (Wildman–Crippen LogP) is 1.76. The first kappa shape index (κ1) is 19.1. The Hall–Kier alpha value is -2.90. The van der Waals surface area contributed by atoms with Crippen LogP contribution < -0.4 is 20.5 Å². The molecular formula is C23H26N4O3. The molecule has 7 heteroatoms. The van der Waals surface area contributed by atoms with Crippen molar-refractivity contribution in [2.24, 2.45) is 5.92 Å². The molecule has 7 nitrogen and oxygen atoms in total. The maximum absolute atomic E-state index is 13.2. The number of ketones is 1. The van der Waals surface area contributed by atoms with E-state index in [0.717, 1.165) is 35.7 Å². The molecule has 156 valence electrons. The van der Waals surface area contributed by atoms with Crippen molar-refractivity contribution in [3.8, 4) is 5.75 Å². The first-order chi connectivity index (χ1) is 14.6. The van der Waals surface area contributed by atoms with Gasteiger partial charge in [-0.05, 0) is 37.3 Å². The summed E-state index contributed by atoms with van der Waals surface area (Å²) in [6.07, 6.45) is 0. The van der Waals surface area contributed by atoms with Crippen LogP contribution in [0.15, 0.2) is 48.5 Å². The number of hydrazine groups is 1. The number of amides is 1. The second kappa shape index (κ2) is 7.74. The summed E-state index contributed by atoms with van der Waals surface area (Å²) in [5.41, 5.74) is 9.46. The minimum Gasteiger partial charge on any atom is -0.493 e. The number of nitrogens with zero attached hydrogens (tertiary/aromatic N) is 2. The summed E-state index contributed by atoms with van der Waals surface area (Å²) in [6, 6.07) is 15.5. The fourth-order valence-corrected chi connectivity index (χ4v) is 4.68. The van der Waals surface area contributed by atoms with E-state index in [-0.39, 0.29) is 29.7 Å². The molecule has 30 heavy (non-hydrogen) atoms. The van der Waals surface area contributed by atoms with E-state index in [4.69, 9.17) is 4.74 Å². The molecule has 2 aromatic rings. The van der Waals surface area contributed by atoms with Gasteiger partial charge in [0.15, 0.2) is 5.78 Å². The number of ether oxygens (including phenoxy) is 1. The Kier molecular flexibility index (Phi) is 4.92. The van der Waals surface area contributed by atoms with Gasteiger partial charge in [-0.15, -0.1) is 0 Å². The van der Waals surface area contributed by atoms with Crippen molar-refractivity contribution in [2.75, 3.05) is 37.7 Å². The Morgan fingerprint density at radius 2 is 1.70 bits per heavy atom. The molecule has 0 aromatic heterocycles. The number of hydrogen-bond donors (Lipinski definition) is 2. The number of hydrogen-bond acceptors (Lipinski definition) is 6. The number of anilines is 1. The van der Waals surface area contributed by atoms with Crippen molar-refractivity contribution in [1.29, 1.82) is 0 Å². The standard InChI is InChI=1S/C23H26N4O3/c1-15(28)16-6-8-17(9-7-16)26-10-12-27(13-11-26)23(29)22-19-14-30-20-5-3-2-4-18(20)21(19)24-25-22/h2-9,19,21-22,24-25H,10-14H2,1H3. The number of nitrogens with one attached hydrogen (secondary N) is 2. The molecule has 2 saturated heterocycles. The molecule has 0 aliphatic carbocycles. The summed E-state index contributed by atoms with van der Waals surface area (Å²) in [5, 5.41) is 0. The van der Waals surface area contributed by atoms with Crippen molar-refractivity contribution in [3.05, 3.63) is 59.7 Å². The monoisotopic (exact) mass is 406 g/mol. The highest BCUT2D eigenvalue weighted by Gasteiger charge is 2.46. The van der Waals surface area contributed by atoms with Gasteiger partial charge in [0.2, 0.25) is 5.91 Å². The molecule has 0 radical (unpaired) electrons. The van der Waals surface area contributed by atoms with Gasteiger partial charge in [0.1, 0.15) is 11.8 Å². The molecule has 2 fully saturated rings. The molecule has 1 amide bonds. The topological polar surface area (TPSA) is 73.9 Å². The fourth-order valence-electron chi connectivity index (χ4n) is 4.68. The molecule has 2 aromatic carbocycles. The zero-order valence-corrected chi connectivity index (χ0v) is 17.0. The molecule has 0 bridgehead atoms. The van der Waals surface area contributed by atoms with Gasteiger partial charge >= 0.3 is 0 Å². The summed E-state index contributed by atoms with van der Waals surface area (Å²) in [6.45, 7) is 5.02. The van der Waals surface area contributed by atoms with Crippen LogP contribution in [0.3, 0.4) is 0 Å². The lowest BCUT2D eigenvalue weighted by Crippen LogP contribution is -2.55. The maximum Gasteiger partial charge on any atom is 0.241 e. The summed E-state index contributed by atoms with van der Waals surface area (Å²) < 4.78 is 5.92. The Morgan fingerprint density at radius 1 is 0.967 bits per heavy atom. The minimum absolute atomic E-state index is 0.0715. The van der Waals surface area contributed by atoms with Gasteiger partial charge in [-0.25, -0.2) is 10.9 Å². The van der Waals surface area contributed by atoms with E-state index in [0.29, 0.717) is 19.7 Å². The van der Waals surface area contributed by atoms with Gasteiger partial charge in [0.05, 0.1) is 12.6 Å². The highest BCUT2D eigenvalue weighted by Crippen LogP contribution is 2.39. The Labute approximate surface area is 176 Å². The first-order valence-corrected chi connectivity index (χ1v) is 10.5. The van der Waals surface area contributed by atoms with Crippen LogP contribution in [0.5, 0.6) is 5.75 Å². The van der Waals surface area contributed by atoms with Crippen LogP contribution in [-0.2, 0) is 4.79 Å². The van der Waals surface area contributed by atoms with E-state index < -0.39 is 0 Å². The zero-order chi connectivity index (χ0) is 20.7. The largest absolute Gasteiger partial charge is 0.493 e. The average molecular weight is 406 g/mol. The Bertz CT molecular complexity index is 953. The van der Waals surface area contributed by atoms with Crippen molar-refractivity contribution in [2.45, 2.75) is 19.0 Å². The highest BCUT2D eigenvalue weighted by molar-refractivity contribution is 5.94. The molecular weight excluding hydrogens is 380 g/mol. The minimum atomic E-state index is -0.287. The number of fused-ring (bicyclic) bond motifs is 3. The molecule has 2 N–H and O–H groups in total. The third kappa shape index (κ3) is 3.34. The van der Waals surface area contributed by atoms with Crippen LogP contribution in [-0.4, -0.2) is 55.4 Å². The van der Waals surface area contributed by atoms with Crippen molar-refractivity contribution >= 4 is 17.4 Å². The number of carbonyl (C=O) groups excluding carboxylic acids is 2. The Morgan fingerprint density at radius 3 is 2.43 bits per heavy atom. The number of carbonyl (C=O) groups is 2. The smallest absolute Gasteiger partial charge is 0.241 e. The fraction of sp³-hybridized carbons (Fsp3) is 0.391. The summed E-state index contributed by atoms with van der Waals surface area (Å²) >= 11 is 0. The number of rotatable bonds is 3. The maximum atomic E-state index is 13.2. The molecule has 0 saturated carbocycles. The van der Waals surface area contributed by atoms with Crippen LogP contribution in [0.4, 0.5) is 5.69 Å². The predicted molar refractivity (Wildman–Crippen MR) is 113 cm³/mol. The number of piperazine rings is 1. The van der Waals surface area contributed by atoms with E-state index in [9.17, 15) is 9.59 Å². The van der Waals surface area contributed by atoms with Crippen molar-refractivity contribution in [1.82, 2.24) is 15.8 Å². The van der Waals surface area contributed by atoms with Crippen LogP contribution >= 0.6 is 0 Å². The molecule has 3 aliphatic heterocycles. The lowest BCUT2D eigenvalue weighted by molar-refractivity contribution is -0.134. The van der Waals surface area contributed by atoms with E-state index in [2.05, 4.69) is 21.8 Å². The van der Waals surface area contributed by atoms with Gasteiger partial charge < -0.3 is 14.5 Å². The van der Waals surface area contributed by atoms with Gasteiger partial charge in [0, 0.05) is 48.9 Å². The molecule has 3 heterocycles. The average Bonchev–Trinajstić information content (AvgIpc) is 3.23. The second-order valence-electron chi connectivity index (χ2n) is 8.17. The van der Waals surface area contributed by atoms with Crippen LogP contribution in [0.25, 0.3) is 0 Å². The molecule has 3 atom stereocenters. The van der Waals surface area contributed by atoms with E-state index in [1.165, 1.54) is 0 Å². The van der Waals surface area contributed by atoms with Crippen LogP contribution in [0.2, 0.25) is 0 Å². The van der Waals surface area contributed by atoms with E-state index in [1.807, 2.05) is 47.4 Å². The van der Waals surface area contributed by atoms with Crippen molar-refractivity contribution < 1.29 is 14.3 Å². The highest BCUT2D eigenvalue weighted by atomic mass is 16.5. The van der Waals surface area contributed by atoms with E-state index in [1.54, 1.807) is 6.92 Å². The lowest BCUT2D eigenvalue weighted by Gasteiger charge is -2.38. The van der Waals surface area contributed by atoms with Gasteiger partial charge in [-0.1, -0.05) is 18.2 Å². The number of benzene rings is 2. The van der Waals surface area contributed by atoms with Crippen LogP contribution in [0, 0.1) is 5.92 Å². The third-order valence-corrected chi connectivity index (χ3v) is 6.43. The molecule has 3 aliphatic rings. The van der Waals surface area contributed by atoms with E-state index >= 15 is 0 Å². The molecule has 5 rings (SSSR count). The van der Waals surface area contributed by atoms with Gasteiger partial charge in [0.25, 0.3) is 0 Å². The SMILES string of the molecule is CC(=O)c1ccc(N2CCN(C(=O)C3NNC4c5ccccc5OCC34)CC2)cc1. The van der Waals surface area contributed by atoms with Gasteiger partial charge in [-0.2, -0.15) is 0 Å². The Balaban J connectivity index is 1.22. The number of Topliss-reactive ketones (excluding diaryl/α,β-unsaturated/α-hetero) is 1. The first-order valence-electron chi connectivity index (χ1n) is 10.5. The lowest BCUT2D eigenvalue weighted by atomic mass is 9.87. The summed E-state index contributed by atoms with van der Waals surface area (Å²) in [7, 11) is 0. The summed E-state index contributed by atoms with van der Waals surface area (Å²) in [4.78, 5) is 28.9. The normalized spacial score (nSPS) is 25.3. The third-order valence-electron chi connectivity index (χ3n) is 6.43.